The van der Waals surface area contributed by atoms with Crippen LogP contribution in [0.15, 0.2) is 64.0 Å². The molecule has 7 heteroatoms. The molecule has 2 aromatic heterocycles. The van der Waals surface area contributed by atoms with Crippen molar-refractivity contribution in [2.45, 2.75) is 51.1 Å². The van der Waals surface area contributed by atoms with Crippen LogP contribution in [0, 0.1) is 0 Å². The third kappa shape index (κ3) is 5.08. The number of amides is 1. The van der Waals surface area contributed by atoms with Gasteiger partial charge in [0, 0.05) is 5.69 Å². The van der Waals surface area contributed by atoms with Crippen LogP contribution in [-0.4, -0.2) is 23.6 Å². The van der Waals surface area contributed by atoms with E-state index in [-0.39, 0.29) is 17.7 Å². The molecule has 1 atom stereocenters. The van der Waals surface area contributed by atoms with Crippen molar-refractivity contribution in [3.63, 3.8) is 0 Å². The number of fused-ring (bicyclic) bond motifs is 1. The number of rotatable bonds is 6. The van der Waals surface area contributed by atoms with E-state index in [4.69, 9.17) is 9.15 Å². The van der Waals surface area contributed by atoms with Gasteiger partial charge in [0.05, 0.1) is 19.9 Å². The summed E-state index contributed by atoms with van der Waals surface area (Å²) in [6.07, 6.45) is 7.39. The molecule has 7 nitrogen and oxygen atoms in total. The molecule has 1 amide bonds. The Labute approximate surface area is 192 Å². The Morgan fingerprint density at radius 3 is 2.52 bits per heavy atom. The Balaban J connectivity index is 1.74. The van der Waals surface area contributed by atoms with Crippen LogP contribution >= 0.6 is 0 Å². The molecule has 172 valence electrons. The summed E-state index contributed by atoms with van der Waals surface area (Å²) in [7, 11) is 1.27. The Kier molecular flexibility index (Phi) is 7.07. The van der Waals surface area contributed by atoms with Gasteiger partial charge in [-0.25, -0.2) is 4.79 Å². The number of aromatic nitrogens is 1. The first-order chi connectivity index (χ1) is 16.1. The monoisotopic (exact) mass is 448 g/mol. The third-order valence-electron chi connectivity index (χ3n) is 6.08. The first-order valence-electron chi connectivity index (χ1n) is 11.3. The summed E-state index contributed by atoms with van der Waals surface area (Å²) in [6.45, 7) is 0.258. The smallest absolute Gasteiger partial charge is 0.333 e. The van der Waals surface area contributed by atoms with Gasteiger partial charge in [0.2, 0.25) is 0 Å². The van der Waals surface area contributed by atoms with E-state index in [0.717, 1.165) is 49.8 Å². The molecule has 0 spiro atoms. The molecule has 1 N–H and O–H groups in total. The molecule has 3 aromatic rings. The van der Waals surface area contributed by atoms with Crippen molar-refractivity contribution in [3.05, 3.63) is 93.3 Å². The van der Waals surface area contributed by atoms with Crippen LogP contribution in [0.5, 0.6) is 0 Å². The highest BCUT2D eigenvalue weighted by Crippen LogP contribution is 2.22. The first-order valence-corrected chi connectivity index (χ1v) is 11.3. The van der Waals surface area contributed by atoms with Crippen LogP contribution < -0.4 is 10.9 Å². The number of hydrogen-bond acceptors (Lipinski definition) is 5. The molecular formula is C26H28N2O5. The number of hydrogen-bond donors (Lipinski definition) is 1. The van der Waals surface area contributed by atoms with E-state index in [1.807, 2.05) is 12.1 Å². The summed E-state index contributed by atoms with van der Waals surface area (Å²) >= 11 is 0. The zero-order chi connectivity index (χ0) is 23.2. The van der Waals surface area contributed by atoms with Crippen molar-refractivity contribution < 1.29 is 18.7 Å². The third-order valence-corrected chi connectivity index (χ3v) is 6.08. The molecule has 0 saturated carbocycles. The average Bonchev–Trinajstić information content (AvgIpc) is 3.33. The van der Waals surface area contributed by atoms with E-state index in [1.165, 1.54) is 7.11 Å². The molecule has 0 bridgehead atoms. The second-order valence-corrected chi connectivity index (χ2v) is 8.26. The number of benzene rings is 1. The molecule has 33 heavy (non-hydrogen) atoms. The predicted octanol–water partition coefficient (Wildman–Crippen LogP) is 3.79. The van der Waals surface area contributed by atoms with E-state index >= 15 is 0 Å². The summed E-state index contributed by atoms with van der Waals surface area (Å²) in [5.74, 6) is -0.551. The van der Waals surface area contributed by atoms with Gasteiger partial charge in [0.15, 0.2) is 6.04 Å². The van der Waals surface area contributed by atoms with Gasteiger partial charge in [0.25, 0.3) is 11.5 Å². The second-order valence-electron chi connectivity index (χ2n) is 8.26. The average molecular weight is 449 g/mol. The molecule has 1 aromatic carbocycles. The van der Waals surface area contributed by atoms with Crippen molar-refractivity contribution in [1.82, 2.24) is 9.88 Å². The van der Waals surface area contributed by atoms with Crippen molar-refractivity contribution in [1.29, 1.82) is 0 Å². The number of furan rings is 1. The molecule has 0 radical (unpaired) electrons. The summed E-state index contributed by atoms with van der Waals surface area (Å²) in [4.78, 5) is 39.2. The van der Waals surface area contributed by atoms with Crippen LogP contribution in [0.25, 0.3) is 0 Å². The molecule has 1 aliphatic carbocycles. The largest absolute Gasteiger partial charge is 0.467 e. The van der Waals surface area contributed by atoms with Crippen molar-refractivity contribution in [2.24, 2.45) is 0 Å². The minimum Gasteiger partial charge on any atom is -0.467 e. The second kappa shape index (κ2) is 10.3. The minimum atomic E-state index is -1.01. The van der Waals surface area contributed by atoms with E-state index in [2.05, 4.69) is 5.32 Å². The van der Waals surface area contributed by atoms with Gasteiger partial charge in [-0.2, -0.15) is 0 Å². The number of carbonyl (C=O) groups excluding carboxylic acids is 2. The number of nitrogens with one attached hydrogen (secondary N) is 1. The predicted molar refractivity (Wildman–Crippen MR) is 123 cm³/mol. The fraction of sp³-hybridized carbons (Fsp3) is 0.346. The molecule has 1 aliphatic rings. The standard InChI is InChI=1S/C26H28N2O5/c1-32-26(31)23(18-10-6-4-7-11-18)27-24(29)21-16-19-12-5-2-3-8-14-22(19)28(25(21)30)17-20-13-9-15-33-20/h4,6-7,9-11,13,15-16,23H,2-3,5,8,12,14,17H2,1H3,(H,27,29). The fourth-order valence-corrected chi connectivity index (χ4v) is 4.37. The number of ether oxygens (including phenoxy) is 1. The highest BCUT2D eigenvalue weighted by molar-refractivity contribution is 5.97. The molecule has 0 fully saturated rings. The van der Waals surface area contributed by atoms with E-state index < -0.39 is 17.9 Å². The van der Waals surface area contributed by atoms with Crippen molar-refractivity contribution in [2.75, 3.05) is 7.11 Å². The zero-order valence-corrected chi connectivity index (χ0v) is 18.7. The lowest BCUT2D eigenvalue weighted by molar-refractivity contribution is -0.143. The summed E-state index contributed by atoms with van der Waals surface area (Å²) in [5, 5.41) is 2.71. The maximum absolute atomic E-state index is 13.5. The highest BCUT2D eigenvalue weighted by Gasteiger charge is 2.27. The van der Waals surface area contributed by atoms with Crippen LogP contribution in [0.4, 0.5) is 0 Å². The Bertz CT molecular complexity index is 1170. The number of methoxy groups -OCH3 is 1. The maximum Gasteiger partial charge on any atom is 0.333 e. The van der Waals surface area contributed by atoms with E-state index in [1.54, 1.807) is 47.2 Å². The first kappa shape index (κ1) is 22.6. The Morgan fingerprint density at radius 2 is 1.82 bits per heavy atom. The lowest BCUT2D eigenvalue weighted by Crippen LogP contribution is -2.39. The molecular weight excluding hydrogens is 420 g/mol. The quantitative estimate of drug-likeness (QED) is 0.580. The van der Waals surface area contributed by atoms with Crippen LogP contribution in [-0.2, 0) is 28.9 Å². The Hall–Kier alpha value is -3.61. The normalized spacial score (nSPS) is 14.5. The molecule has 0 saturated heterocycles. The number of aryl methyl sites for hydroxylation is 1. The van der Waals surface area contributed by atoms with Crippen LogP contribution in [0.2, 0.25) is 0 Å². The van der Waals surface area contributed by atoms with Gasteiger partial charge in [-0.15, -0.1) is 0 Å². The fourth-order valence-electron chi connectivity index (χ4n) is 4.37. The Morgan fingerprint density at radius 1 is 1.06 bits per heavy atom. The number of carbonyl (C=O) groups is 2. The summed E-state index contributed by atoms with van der Waals surface area (Å²) in [6, 6.07) is 13.1. The van der Waals surface area contributed by atoms with Gasteiger partial charge >= 0.3 is 5.97 Å². The van der Waals surface area contributed by atoms with Gasteiger partial charge in [-0.1, -0.05) is 43.2 Å². The van der Waals surface area contributed by atoms with Crippen LogP contribution in [0.3, 0.4) is 0 Å². The number of pyridine rings is 1. The SMILES string of the molecule is COC(=O)C(NC(=O)c1cc2c(n(Cc3ccco3)c1=O)CCCCCC2)c1ccccc1. The summed E-state index contributed by atoms with van der Waals surface area (Å²) in [5.41, 5.74) is 2.17. The molecule has 4 rings (SSSR count). The topological polar surface area (TPSA) is 90.5 Å². The van der Waals surface area contributed by atoms with Gasteiger partial charge in [-0.3, -0.25) is 9.59 Å². The summed E-state index contributed by atoms with van der Waals surface area (Å²) < 4.78 is 12.0. The number of esters is 1. The highest BCUT2D eigenvalue weighted by atomic mass is 16.5. The maximum atomic E-state index is 13.5. The molecule has 0 aliphatic heterocycles. The van der Waals surface area contributed by atoms with Gasteiger partial charge in [0.1, 0.15) is 11.3 Å². The van der Waals surface area contributed by atoms with Gasteiger partial charge in [-0.05, 0) is 55.0 Å². The van der Waals surface area contributed by atoms with Gasteiger partial charge < -0.3 is 19.0 Å². The molecule has 1 unspecified atom stereocenters. The molecule has 2 heterocycles. The number of nitrogens with zero attached hydrogens (tertiary/aromatic N) is 1. The van der Waals surface area contributed by atoms with Crippen molar-refractivity contribution >= 4 is 11.9 Å². The van der Waals surface area contributed by atoms with Crippen molar-refractivity contribution in [3.8, 4) is 0 Å². The minimum absolute atomic E-state index is 0.0192. The lowest BCUT2D eigenvalue weighted by atomic mass is 9.95. The van der Waals surface area contributed by atoms with E-state index in [9.17, 15) is 14.4 Å². The lowest BCUT2D eigenvalue weighted by Gasteiger charge is -2.21. The zero-order valence-electron chi connectivity index (χ0n) is 18.7. The van der Waals surface area contributed by atoms with Crippen LogP contribution in [0.1, 0.15) is 64.7 Å². The van der Waals surface area contributed by atoms with E-state index in [0.29, 0.717) is 11.3 Å².